The lowest BCUT2D eigenvalue weighted by Gasteiger charge is -2.20. The van der Waals surface area contributed by atoms with E-state index in [4.69, 9.17) is 0 Å². The summed E-state index contributed by atoms with van der Waals surface area (Å²) >= 11 is 0. The van der Waals surface area contributed by atoms with Gasteiger partial charge >= 0.3 is 0 Å². The van der Waals surface area contributed by atoms with Crippen molar-refractivity contribution in [2.45, 2.75) is 59.8 Å². The minimum Gasteiger partial charge on any atom is -0.295 e. The lowest BCUT2D eigenvalue weighted by molar-refractivity contribution is -0.112. The minimum absolute atomic E-state index is 0.170. The summed E-state index contributed by atoms with van der Waals surface area (Å²) in [4.78, 5) is 11.1. The van der Waals surface area contributed by atoms with Gasteiger partial charge in [-0.2, -0.15) is 0 Å². The standard InChI is InChI=1S/C18H30O/c1-5-6-7-8-9-10-17-14(2)13-15(3)18(17)12-11-16(4)19/h8-9,11-12,14-15,17-18H,5-7,10,13H2,1-4H3/b9-8+,12-11+. The van der Waals surface area contributed by atoms with E-state index in [1.54, 1.807) is 13.0 Å². The van der Waals surface area contributed by atoms with Crippen molar-refractivity contribution >= 4 is 5.78 Å². The second kappa shape index (κ2) is 8.35. The van der Waals surface area contributed by atoms with Crippen molar-refractivity contribution in [3.8, 4) is 0 Å². The molecule has 0 radical (unpaired) electrons. The maximum Gasteiger partial charge on any atom is 0.152 e. The van der Waals surface area contributed by atoms with E-state index in [2.05, 4.69) is 39.0 Å². The Hall–Kier alpha value is -0.850. The van der Waals surface area contributed by atoms with Crippen molar-refractivity contribution < 1.29 is 4.79 Å². The van der Waals surface area contributed by atoms with Crippen LogP contribution in [0.4, 0.5) is 0 Å². The quantitative estimate of drug-likeness (QED) is 0.351. The molecule has 0 aromatic carbocycles. The van der Waals surface area contributed by atoms with Crippen LogP contribution >= 0.6 is 0 Å². The first-order valence-electron chi connectivity index (χ1n) is 7.90. The lowest BCUT2D eigenvalue weighted by Crippen LogP contribution is -2.13. The zero-order valence-corrected chi connectivity index (χ0v) is 13.1. The molecule has 1 aliphatic carbocycles. The molecular formula is C18H30O. The van der Waals surface area contributed by atoms with Gasteiger partial charge < -0.3 is 0 Å². The first-order valence-corrected chi connectivity index (χ1v) is 7.90. The van der Waals surface area contributed by atoms with Gasteiger partial charge in [-0.05, 0) is 55.9 Å². The van der Waals surface area contributed by atoms with Gasteiger partial charge in [0.2, 0.25) is 0 Å². The average Bonchev–Trinajstić information content (AvgIpc) is 2.61. The van der Waals surface area contributed by atoms with Crippen LogP contribution in [-0.2, 0) is 4.79 Å². The van der Waals surface area contributed by atoms with Gasteiger partial charge in [0.1, 0.15) is 0 Å². The van der Waals surface area contributed by atoms with Gasteiger partial charge in [-0.1, -0.05) is 51.8 Å². The van der Waals surface area contributed by atoms with E-state index in [0.717, 1.165) is 5.92 Å². The third-order valence-corrected chi connectivity index (χ3v) is 4.48. The maximum atomic E-state index is 11.1. The number of hydrogen-bond donors (Lipinski definition) is 0. The largest absolute Gasteiger partial charge is 0.295 e. The van der Waals surface area contributed by atoms with Crippen LogP contribution in [0.25, 0.3) is 0 Å². The molecule has 1 heteroatoms. The summed E-state index contributed by atoms with van der Waals surface area (Å²) in [5, 5.41) is 0. The fourth-order valence-electron chi connectivity index (χ4n) is 3.38. The summed E-state index contributed by atoms with van der Waals surface area (Å²) < 4.78 is 0. The van der Waals surface area contributed by atoms with Gasteiger partial charge in [0, 0.05) is 0 Å². The summed E-state index contributed by atoms with van der Waals surface area (Å²) in [6.45, 7) is 8.56. The van der Waals surface area contributed by atoms with Crippen molar-refractivity contribution in [3.63, 3.8) is 0 Å². The van der Waals surface area contributed by atoms with Gasteiger partial charge in [-0.25, -0.2) is 0 Å². The second-order valence-electron chi connectivity index (χ2n) is 6.25. The highest BCUT2D eigenvalue weighted by Gasteiger charge is 2.36. The number of allylic oxidation sites excluding steroid dienone is 4. The molecule has 0 aromatic rings. The average molecular weight is 262 g/mol. The second-order valence-corrected chi connectivity index (χ2v) is 6.25. The number of unbranched alkanes of at least 4 members (excludes halogenated alkanes) is 2. The zero-order valence-electron chi connectivity index (χ0n) is 13.1. The SMILES string of the molecule is CCCC/C=C/CC1C(C)CC(C)C1/C=C/C(C)=O. The monoisotopic (exact) mass is 262 g/mol. The van der Waals surface area contributed by atoms with Crippen LogP contribution in [0.1, 0.15) is 59.8 Å². The summed E-state index contributed by atoms with van der Waals surface area (Å²) in [6.07, 6.45) is 14.9. The Morgan fingerprint density at radius 2 is 1.95 bits per heavy atom. The molecule has 4 unspecified atom stereocenters. The first-order chi connectivity index (χ1) is 9.06. The molecule has 1 nitrogen and oxygen atoms in total. The van der Waals surface area contributed by atoms with Crippen LogP contribution in [0.2, 0.25) is 0 Å². The Balaban J connectivity index is 2.56. The fraction of sp³-hybridized carbons (Fsp3) is 0.722. The Labute approximate surface area is 119 Å². The van der Waals surface area contributed by atoms with E-state index in [9.17, 15) is 4.79 Å². The third-order valence-electron chi connectivity index (χ3n) is 4.48. The predicted molar refractivity (Wildman–Crippen MR) is 83.0 cm³/mol. The van der Waals surface area contributed by atoms with Crippen LogP contribution in [-0.4, -0.2) is 5.78 Å². The number of rotatable bonds is 7. The van der Waals surface area contributed by atoms with Gasteiger partial charge in [0.15, 0.2) is 5.78 Å². The van der Waals surface area contributed by atoms with Crippen LogP contribution in [0.5, 0.6) is 0 Å². The smallest absolute Gasteiger partial charge is 0.152 e. The van der Waals surface area contributed by atoms with Crippen molar-refractivity contribution in [1.29, 1.82) is 0 Å². The number of carbonyl (C=O) groups is 1. The highest BCUT2D eigenvalue weighted by atomic mass is 16.1. The zero-order chi connectivity index (χ0) is 14.3. The molecular weight excluding hydrogens is 232 g/mol. The molecule has 1 rings (SSSR count). The van der Waals surface area contributed by atoms with Crippen molar-refractivity contribution in [2.75, 3.05) is 0 Å². The van der Waals surface area contributed by atoms with Crippen molar-refractivity contribution in [1.82, 2.24) is 0 Å². The maximum absolute atomic E-state index is 11.1. The van der Waals surface area contributed by atoms with E-state index in [-0.39, 0.29) is 5.78 Å². The van der Waals surface area contributed by atoms with Crippen molar-refractivity contribution in [2.24, 2.45) is 23.7 Å². The summed E-state index contributed by atoms with van der Waals surface area (Å²) in [5.74, 6) is 2.94. The van der Waals surface area contributed by atoms with Gasteiger partial charge in [0.05, 0.1) is 0 Å². The highest BCUT2D eigenvalue weighted by Crippen LogP contribution is 2.44. The Morgan fingerprint density at radius 3 is 2.58 bits per heavy atom. The van der Waals surface area contributed by atoms with E-state index in [1.807, 2.05) is 0 Å². The minimum atomic E-state index is 0.170. The molecule has 0 amide bonds. The molecule has 1 saturated carbocycles. The normalized spacial score (nSPS) is 31.6. The number of hydrogen-bond acceptors (Lipinski definition) is 1. The molecule has 0 spiro atoms. The first kappa shape index (κ1) is 16.2. The number of carbonyl (C=O) groups excluding carboxylic acids is 1. The topological polar surface area (TPSA) is 17.1 Å². The molecule has 0 aliphatic heterocycles. The number of ketones is 1. The van der Waals surface area contributed by atoms with Crippen molar-refractivity contribution in [3.05, 3.63) is 24.3 Å². The summed E-state index contributed by atoms with van der Waals surface area (Å²) in [7, 11) is 0. The summed E-state index contributed by atoms with van der Waals surface area (Å²) in [5.41, 5.74) is 0. The molecule has 0 bridgehead atoms. The van der Waals surface area contributed by atoms with Crippen LogP contribution in [0.3, 0.4) is 0 Å². The molecule has 0 aromatic heterocycles. The molecule has 19 heavy (non-hydrogen) atoms. The Kier molecular flexibility index (Phi) is 7.12. The molecule has 0 heterocycles. The molecule has 0 N–H and O–H groups in total. The van der Waals surface area contributed by atoms with Gasteiger partial charge in [0.25, 0.3) is 0 Å². The van der Waals surface area contributed by atoms with E-state index in [0.29, 0.717) is 17.8 Å². The van der Waals surface area contributed by atoms with E-state index in [1.165, 1.54) is 32.1 Å². The Morgan fingerprint density at radius 1 is 1.21 bits per heavy atom. The molecule has 4 atom stereocenters. The fourth-order valence-corrected chi connectivity index (χ4v) is 3.38. The van der Waals surface area contributed by atoms with Crippen LogP contribution in [0.15, 0.2) is 24.3 Å². The predicted octanol–water partition coefficient (Wildman–Crippen LogP) is 5.18. The molecule has 0 saturated heterocycles. The Bertz CT molecular complexity index is 327. The summed E-state index contributed by atoms with van der Waals surface area (Å²) in [6, 6.07) is 0. The van der Waals surface area contributed by atoms with Gasteiger partial charge in [-0.15, -0.1) is 0 Å². The van der Waals surface area contributed by atoms with E-state index >= 15 is 0 Å². The lowest BCUT2D eigenvalue weighted by atomic mass is 9.85. The highest BCUT2D eigenvalue weighted by molar-refractivity contribution is 5.87. The van der Waals surface area contributed by atoms with E-state index < -0.39 is 0 Å². The molecule has 1 fully saturated rings. The van der Waals surface area contributed by atoms with Crippen LogP contribution < -0.4 is 0 Å². The van der Waals surface area contributed by atoms with Crippen LogP contribution in [0, 0.1) is 23.7 Å². The molecule has 1 aliphatic rings. The van der Waals surface area contributed by atoms with Gasteiger partial charge in [-0.3, -0.25) is 4.79 Å². The third kappa shape index (κ3) is 5.34. The molecule has 108 valence electrons.